The van der Waals surface area contributed by atoms with Crippen molar-refractivity contribution in [1.82, 2.24) is 10.2 Å². The summed E-state index contributed by atoms with van der Waals surface area (Å²) < 4.78 is 5.44. The summed E-state index contributed by atoms with van der Waals surface area (Å²) in [5.41, 5.74) is 1.54. The van der Waals surface area contributed by atoms with Crippen LogP contribution in [0.1, 0.15) is 28.1 Å². The first kappa shape index (κ1) is 22.0. The number of halogens is 1. The maximum Gasteiger partial charge on any atom is 0.251 e. The zero-order valence-electron chi connectivity index (χ0n) is 16.6. The summed E-state index contributed by atoms with van der Waals surface area (Å²) in [5, 5.41) is 3.30. The van der Waals surface area contributed by atoms with Gasteiger partial charge in [-0.3, -0.25) is 9.59 Å². The van der Waals surface area contributed by atoms with Crippen LogP contribution in [0.2, 0.25) is 5.02 Å². The molecule has 0 fully saturated rings. The highest BCUT2D eigenvalue weighted by Crippen LogP contribution is 2.22. The van der Waals surface area contributed by atoms with Crippen LogP contribution >= 0.6 is 23.4 Å². The van der Waals surface area contributed by atoms with E-state index in [0.717, 1.165) is 16.2 Å². The van der Waals surface area contributed by atoms with Crippen LogP contribution in [0.3, 0.4) is 0 Å². The molecule has 0 bridgehead atoms. The molecule has 0 radical (unpaired) electrons. The molecule has 1 aromatic heterocycles. The third-order valence-electron chi connectivity index (χ3n) is 4.49. The van der Waals surface area contributed by atoms with Crippen LogP contribution < -0.4 is 5.32 Å². The Hall–Kier alpha value is -2.70. The van der Waals surface area contributed by atoms with E-state index in [1.807, 2.05) is 48.5 Å². The van der Waals surface area contributed by atoms with Crippen molar-refractivity contribution in [3.05, 3.63) is 88.8 Å². The van der Waals surface area contributed by atoms with Gasteiger partial charge in [-0.1, -0.05) is 23.7 Å². The number of nitrogens with zero attached hydrogens (tertiary/aromatic N) is 1. The lowest BCUT2D eigenvalue weighted by atomic mass is 10.1. The van der Waals surface area contributed by atoms with E-state index in [9.17, 15) is 9.59 Å². The van der Waals surface area contributed by atoms with Crippen molar-refractivity contribution in [1.29, 1.82) is 0 Å². The number of rotatable bonds is 9. The molecule has 0 atom stereocenters. The van der Waals surface area contributed by atoms with Crippen LogP contribution in [0.4, 0.5) is 0 Å². The molecular weight excluding hydrogens is 420 g/mol. The smallest absolute Gasteiger partial charge is 0.251 e. The van der Waals surface area contributed by atoms with Crippen LogP contribution in [0.25, 0.3) is 0 Å². The molecule has 156 valence electrons. The summed E-state index contributed by atoms with van der Waals surface area (Å²) in [6, 6.07) is 18.5. The topological polar surface area (TPSA) is 62.6 Å². The summed E-state index contributed by atoms with van der Waals surface area (Å²) in [5.74, 6) is 1.31. The number of amides is 2. The van der Waals surface area contributed by atoms with Gasteiger partial charge in [0.1, 0.15) is 5.76 Å². The van der Waals surface area contributed by atoms with E-state index in [2.05, 4.69) is 5.32 Å². The Bertz CT molecular complexity index is 957. The van der Waals surface area contributed by atoms with Crippen LogP contribution in [-0.4, -0.2) is 29.5 Å². The summed E-state index contributed by atoms with van der Waals surface area (Å²) in [6.07, 6.45) is 2.01. The molecule has 2 aromatic carbocycles. The number of thioether (sulfide) groups is 1. The minimum absolute atomic E-state index is 0.0447. The summed E-state index contributed by atoms with van der Waals surface area (Å²) >= 11 is 7.54. The number of nitrogens with one attached hydrogen (secondary N) is 1. The number of hydrogen-bond donors (Lipinski definition) is 1. The molecule has 3 rings (SSSR count). The third-order valence-corrected chi connectivity index (χ3v) is 5.76. The van der Waals surface area contributed by atoms with Gasteiger partial charge in [0.15, 0.2) is 0 Å². The Kier molecular flexibility index (Phi) is 7.99. The highest BCUT2D eigenvalue weighted by Gasteiger charge is 2.16. The van der Waals surface area contributed by atoms with Crippen molar-refractivity contribution in [3.63, 3.8) is 0 Å². The Balaban J connectivity index is 1.63. The maximum atomic E-state index is 12.9. The Labute approximate surface area is 185 Å². The van der Waals surface area contributed by atoms with E-state index in [1.54, 1.807) is 42.1 Å². The molecule has 1 heterocycles. The summed E-state index contributed by atoms with van der Waals surface area (Å²) in [7, 11) is 1.60. The van der Waals surface area contributed by atoms with Crippen molar-refractivity contribution in [2.45, 2.75) is 24.4 Å². The molecule has 2 amide bonds. The normalized spacial score (nSPS) is 10.6. The lowest BCUT2D eigenvalue weighted by Crippen LogP contribution is -2.30. The number of carbonyl (C=O) groups excluding carboxylic acids is 2. The van der Waals surface area contributed by atoms with Gasteiger partial charge in [-0.25, -0.2) is 0 Å². The van der Waals surface area contributed by atoms with Gasteiger partial charge in [-0.2, -0.15) is 0 Å². The third kappa shape index (κ3) is 6.40. The molecule has 0 aliphatic rings. The van der Waals surface area contributed by atoms with Crippen molar-refractivity contribution in [2.75, 3.05) is 12.8 Å². The molecule has 30 heavy (non-hydrogen) atoms. The fraction of sp³-hybridized carbons (Fsp3) is 0.217. The first-order chi connectivity index (χ1) is 14.5. The molecular formula is C23H23ClN2O3S. The molecule has 3 aromatic rings. The lowest BCUT2D eigenvalue weighted by Gasteiger charge is -2.22. The van der Waals surface area contributed by atoms with Crippen molar-refractivity contribution in [3.8, 4) is 0 Å². The zero-order valence-corrected chi connectivity index (χ0v) is 18.2. The Morgan fingerprint density at radius 1 is 1.03 bits per heavy atom. The molecule has 0 aliphatic carbocycles. The average Bonchev–Trinajstić information content (AvgIpc) is 3.28. The SMILES string of the molecule is CNC(=O)c1ccc(CN(Cc2ccco2)C(=O)CCSc2ccc(Cl)cc2)cc1. The fourth-order valence-electron chi connectivity index (χ4n) is 2.89. The molecule has 1 N–H and O–H groups in total. The lowest BCUT2D eigenvalue weighted by molar-refractivity contribution is -0.132. The monoisotopic (exact) mass is 442 g/mol. The predicted octanol–water partition coefficient (Wildman–Crippen LogP) is 5.00. The average molecular weight is 443 g/mol. The second-order valence-electron chi connectivity index (χ2n) is 6.66. The predicted molar refractivity (Wildman–Crippen MR) is 120 cm³/mol. The van der Waals surface area contributed by atoms with Crippen LogP contribution in [0, 0.1) is 0 Å². The van der Waals surface area contributed by atoms with E-state index >= 15 is 0 Å². The maximum absolute atomic E-state index is 12.9. The van der Waals surface area contributed by atoms with Gasteiger partial charge in [-0.05, 0) is 54.1 Å². The molecule has 0 aliphatic heterocycles. The zero-order chi connectivity index (χ0) is 21.3. The number of furan rings is 1. The van der Waals surface area contributed by atoms with E-state index in [1.165, 1.54) is 0 Å². The van der Waals surface area contributed by atoms with E-state index in [4.69, 9.17) is 16.0 Å². The van der Waals surface area contributed by atoms with Crippen LogP contribution in [-0.2, 0) is 17.9 Å². The van der Waals surface area contributed by atoms with Crippen LogP contribution in [0.5, 0.6) is 0 Å². The number of benzene rings is 2. The van der Waals surface area contributed by atoms with Crippen molar-refractivity contribution < 1.29 is 14.0 Å². The number of carbonyl (C=O) groups is 2. The highest BCUT2D eigenvalue weighted by molar-refractivity contribution is 7.99. The molecule has 7 heteroatoms. The first-order valence-corrected chi connectivity index (χ1v) is 10.9. The van der Waals surface area contributed by atoms with Gasteiger partial charge >= 0.3 is 0 Å². The van der Waals surface area contributed by atoms with E-state index < -0.39 is 0 Å². The quantitative estimate of drug-likeness (QED) is 0.473. The van der Waals surface area contributed by atoms with Gasteiger partial charge in [0.2, 0.25) is 5.91 Å². The number of hydrogen-bond acceptors (Lipinski definition) is 4. The first-order valence-electron chi connectivity index (χ1n) is 9.54. The van der Waals surface area contributed by atoms with Gasteiger partial charge in [0, 0.05) is 41.2 Å². The minimum atomic E-state index is -0.135. The molecule has 0 saturated carbocycles. The highest BCUT2D eigenvalue weighted by atomic mass is 35.5. The van der Waals surface area contributed by atoms with Gasteiger partial charge in [0.25, 0.3) is 5.91 Å². The summed E-state index contributed by atoms with van der Waals surface area (Å²) in [4.78, 5) is 27.5. The molecule has 0 saturated heterocycles. The van der Waals surface area contributed by atoms with Crippen molar-refractivity contribution >= 4 is 35.2 Å². The Morgan fingerprint density at radius 3 is 2.40 bits per heavy atom. The molecule has 0 unspecified atom stereocenters. The van der Waals surface area contributed by atoms with Crippen molar-refractivity contribution in [2.24, 2.45) is 0 Å². The van der Waals surface area contributed by atoms with Gasteiger partial charge in [0.05, 0.1) is 12.8 Å². The fourth-order valence-corrected chi connectivity index (χ4v) is 3.86. The van der Waals surface area contributed by atoms with Gasteiger partial charge < -0.3 is 14.6 Å². The molecule has 0 spiro atoms. The van der Waals surface area contributed by atoms with E-state index in [-0.39, 0.29) is 11.8 Å². The minimum Gasteiger partial charge on any atom is -0.467 e. The second kappa shape index (κ2) is 10.9. The largest absolute Gasteiger partial charge is 0.467 e. The van der Waals surface area contributed by atoms with Crippen LogP contribution in [0.15, 0.2) is 76.2 Å². The van der Waals surface area contributed by atoms with Gasteiger partial charge in [-0.15, -0.1) is 11.8 Å². The Morgan fingerprint density at radius 2 is 1.77 bits per heavy atom. The second-order valence-corrected chi connectivity index (χ2v) is 8.26. The molecule has 5 nitrogen and oxygen atoms in total. The summed E-state index contributed by atoms with van der Waals surface area (Å²) in [6.45, 7) is 0.841. The standard InChI is InChI=1S/C23H23ClN2O3S/c1-25-23(28)18-6-4-17(5-7-18)15-26(16-20-3-2-13-29-20)22(27)12-14-30-21-10-8-19(24)9-11-21/h2-11,13H,12,14-16H2,1H3,(H,25,28). The van der Waals surface area contributed by atoms with E-state index in [0.29, 0.717) is 35.8 Å².